The summed E-state index contributed by atoms with van der Waals surface area (Å²) in [5.74, 6) is -5.04. The van der Waals surface area contributed by atoms with Gasteiger partial charge in [0.1, 0.15) is 29.5 Å². The molecule has 1 aromatic carbocycles. The Morgan fingerprint density at radius 1 is 1.26 bits per heavy atom. The van der Waals surface area contributed by atoms with Crippen LogP contribution in [0.25, 0.3) is 0 Å². The molecule has 1 fully saturated rings. The van der Waals surface area contributed by atoms with Gasteiger partial charge in [-0.1, -0.05) is 28.4 Å². The molecule has 1 saturated heterocycles. The minimum Gasteiger partial charge on any atom is -0.477 e. The van der Waals surface area contributed by atoms with Crippen LogP contribution in [0.4, 0.5) is 17.6 Å². The largest absolute Gasteiger partial charge is 0.477 e. The Kier molecular flexibility index (Phi) is 9.88. The molecule has 22 heteroatoms. The van der Waals surface area contributed by atoms with E-state index >= 15 is 0 Å². The zero-order valence-corrected chi connectivity index (χ0v) is 25.7. The molecular weight excluding hydrogens is 683 g/mol. The van der Waals surface area contributed by atoms with Gasteiger partial charge >= 0.3 is 18.1 Å². The summed E-state index contributed by atoms with van der Waals surface area (Å²) in [6, 6.07) is 4.11. The van der Waals surface area contributed by atoms with Gasteiger partial charge < -0.3 is 10.4 Å². The number of carboxylic acid groups (broad SMARTS) is 1. The van der Waals surface area contributed by atoms with E-state index in [4.69, 9.17) is 4.84 Å². The number of tetrazole rings is 1. The zero-order valence-electron chi connectivity index (χ0n) is 23.2. The lowest BCUT2D eigenvalue weighted by atomic mass is 10.0. The first-order chi connectivity index (χ1) is 21.8. The molecule has 3 amide bonds. The predicted molar refractivity (Wildman–Crippen MR) is 155 cm³/mol. The molecule has 0 spiro atoms. The third kappa shape index (κ3) is 7.45. The molecule has 3 unspecified atom stereocenters. The number of fused-ring (bicyclic) bond motifs is 1. The summed E-state index contributed by atoms with van der Waals surface area (Å²) in [5.41, 5.74) is 0.720. The molecule has 5 rings (SSSR count). The topological polar surface area (TPSA) is 193 Å². The molecule has 3 aliphatic rings. The highest BCUT2D eigenvalue weighted by atomic mass is 32.2. The number of aromatic nitrogens is 4. The van der Waals surface area contributed by atoms with Crippen LogP contribution in [0.3, 0.4) is 0 Å². The molecule has 3 aliphatic heterocycles. The maximum absolute atomic E-state index is 13.1. The third-order valence-corrected chi connectivity index (χ3v) is 10.1. The number of nitrogens with zero attached hydrogens (tertiary/aromatic N) is 7. The monoisotopic (exact) mass is 703 g/mol. The van der Waals surface area contributed by atoms with Gasteiger partial charge in [-0.15, -0.1) is 16.9 Å². The van der Waals surface area contributed by atoms with Crippen molar-refractivity contribution in [3.05, 3.63) is 58.0 Å². The molecule has 0 aliphatic carbocycles. The van der Waals surface area contributed by atoms with E-state index in [2.05, 4.69) is 30.4 Å². The van der Waals surface area contributed by atoms with E-state index in [1.165, 1.54) is 57.9 Å². The first-order valence-corrected chi connectivity index (χ1v) is 16.1. The van der Waals surface area contributed by atoms with Gasteiger partial charge in [0.05, 0.1) is 12.1 Å². The number of carbonyl (C=O) groups is 4. The van der Waals surface area contributed by atoms with Crippen LogP contribution in [-0.2, 0) is 48.4 Å². The summed E-state index contributed by atoms with van der Waals surface area (Å²) < 4.78 is 57.1. The lowest BCUT2D eigenvalue weighted by Gasteiger charge is -2.49. The van der Waals surface area contributed by atoms with Gasteiger partial charge in [0, 0.05) is 34.7 Å². The van der Waals surface area contributed by atoms with E-state index in [1.807, 2.05) is 0 Å². The Morgan fingerprint density at radius 2 is 2.00 bits per heavy atom. The molecule has 2 aromatic rings. The van der Waals surface area contributed by atoms with Crippen molar-refractivity contribution in [2.24, 2.45) is 16.6 Å². The summed E-state index contributed by atoms with van der Waals surface area (Å²) in [5, 5.41) is 25.5. The minimum absolute atomic E-state index is 0.0592. The second kappa shape index (κ2) is 13.7. The smallest absolute Gasteiger partial charge is 0.471 e. The second-order valence-corrected chi connectivity index (χ2v) is 13.0. The molecule has 1 aromatic heterocycles. The van der Waals surface area contributed by atoms with Crippen molar-refractivity contribution in [2.75, 3.05) is 11.5 Å². The van der Waals surface area contributed by atoms with E-state index in [0.29, 0.717) is 16.3 Å². The van der Waals surface area contributed by atoms with Gasteiger partial charge in [0.25, 0.3) is 5.91 Å². The van der Waals surface area contributed by atoms with Crippen LogP contribution in [0.1, 0.15) is 12.0 Å². The summed E-state index contributed by atoms with van der Waals surface area (Å²) in [4.78, 5) is 59.7. The van der Waals surface area contributed by atoms with Crippen LogP contribution in [0.15, 0.2) is 61.3 Å². The number of carbonyl (C=O) groups excluding carboxylic acids is 3. The van der Waals surface area contributed by atoms with Crippen molar-refractivity contribution in [3.8, 4) is 0 Å². The highest BCUT2D eigenvalue weighted by molar-refractivity contribution is 8.05. The van der Waals surface area contributed by atoms with Crippen LogP contribution in [0.5, 0.6) is 0 Å². The molecule has 4 heterocycles. The average Bonchev–Trinajstić information content (AvgIpc) is 3.58. The number of benzene rings is 1. The Morgan fingerprint density at radius 3 is 2.65 bits per heavy atom. The molecular formula is C24H21F4N9O6S3. The first-order valence-electron chi connectivity index (χ1n) is 12.8. The number of β-lactam (4-membered cyclic amide) rings is 1. The molecule has 46 heavy (non-hydrogen) atoms. The van der Waals surface area contributed by atoms with E-state index in [-0.39, 0.29) is 29.5 Å². The van der Waals surface area contributed by atoms with Crippen molar-refractivity contribution in [3.63, 3.8) is 0 Å². The SMILES string of the molecule is Cn1nnnc1SCC1=C(C(=O)O)N2C(=O)C(NC(=O)CC3=C/S(=N\OCc4ccc(F)cc4)C(NC(=O)C(F)(F)F)=N3)C2SC1. The number of nitrogens with one attached hydrogen (secondary N) is 2. The maximum atomic E-state index is 13.1. The molecule has 3 atom stereocenters. The highest BCUT2D eigenvalue weighted by Gasteiger charge is 2.54. The number of rotatable bonds is 10. The Bertz CT molecular complexity index is 1710. The predicted octanol–water partition coefficient (Wildman–Crippen LogP) is 1.39. The number of hydrogen-bond donors (Lipinski definition) is 3. The fourth-order valence-electron chi connectivity index (χ4n) is 4.19. The first kappa shape index (κ1) is 33.2. The minimum atomic E-state index is -5.23. The van der Waals surface area contributed by atoms with Crippen molar-refractivity contribution in [1.82, 2.24) is 35.7 Å². The van der Waals surface area contributed by atoms with E-state index < -0.39 is 69.4 Å². The Labute approximate surface area is 266 Å². The summed E-state index contributed by atoms with van der Waals surface area (Å²) in [6.07, 6.45) is -5.73. The van der Waals surface area contributed by atoms with Gasteiger partial charge in [0.2, 0.25) is 11.1 Å². The number of thioether (sulfide) groups is 2. The number of aliphatic imine (C=N–C) groups is 1. The van der Waals surface area contributed by atoms with Gasteiger partial charge in [-0.3, -0.25) is 24.6 Å². The van der Waals surface area contributed by atoms with E-state index in [0.717, 1.165) is 4.90 Å². The number of aliphatic carboxylic acids is 1. The number of hydrogen-bond acceptors (Lipinski definition) is 12. The lowest BCUT2D eigenvalue weighted by Crippen LogP contribution is -2.70. The molecule has 0 radical (unpaired) electrons. The number of alkyl halides is 3. The Balaban J connectivity index is 1.24. The quantitative estimate of drug-likeness (QED) is 0.140. The van der Waals surface area contributed by atoms with Gasteiger partial charge in [-0.05, 0) is 33.7 Å². The van der Waals surface area contributed by atoms with Crippen molar-refractivity contribution >= 4 is 63.1 Å². The number of aryl methyl sites for hydroxylation is 1. The van der Waals surface area contributed by atoms with Crippen LogP contribution in [-0.4, -0.2) is 88.2 Å². The summed E-state index contributed by atoms with van der Waals surface area (Å²) in [7, 11) is -0.0265. The standard InChI is InChI=1S/C24H21F4N9O6S3/c1-36-23(32-33-34-36)45-9-12-8-44-19-16(18(39)37(19)17(12)20(40)41)30-15(38)6-14-10-46(22(29-14)31-21(42)24(26,27)28)35-43-7-11-2-4-13(25)5-3-11/h2-5,10,16,19H,6-9H2,1H3,(H,30,38)(H,40,41)(H,29,31,42). The van der Waals surface area contributed by atoms with Crippen LogP contribution in [0.2, 0.25) is 0 Å². The highest BCUT2D eigenvalue weighted by Crippen LogP contribution is 2.41. The lowest BCUT2D eigenvalue weighted by molar-refractivity contribution is -0.171. The van der Waals surface area contributed by atoms with Crippen molar-refractivity contribution < 1.29 is 46.7 Å². The molecule has 15 nitrogen and oxygen atoms in total. The normalized spacial score (nSPS) is 21.0. The fraction of sp³-hybridized carbons (Fsp3) is 0.333. The van der Waals surface area contributed by atoms with Crippen LogP contribution < -0.4 is 10.6 Å². The molecule has 244 valence electrons. The van der Waals surface area contributed by atoms with Crippen LogP contribution >= 0.6 is 23.5 Å². The fourth-order valence-corrected chi connectivity index (χ4v) is 7.72. The molecule has 3 N–H and O–H groups in total. The number of amidine groups is 1. The number of carboxylic acids is 1. The number of amides is 3. The van der Waals surface area contributed by atoms with Gasteiger partial charge in [-0.2, -0.15) is 13.2 Å². The van der Waals surface area contributed by atoms with E-state index in [1.54, 1.807) is 12.4 Å². The summed E-state index contributed by atoms with van der Waals surface area (Å²) in [6.45, 7) is -0.169. The van der Waals surface area contributed by atoms with Crippen molar-refractivity contribution in [1.29, 1.82) is 0 Å². The molecule has 0 saturated carbocycles. The Hall–Kier alpha value is -4.15. The van der Waals surface area contributed by atoms with E-state index in [9.17, 15) is 41.8 Å². The van der Waals surface area contributed by atoms with Gasteiger partial charge in [0.15, 0.2) is 5.17 Å². The number of halogens is 4. The summed E-state index contributed by atoms with van der Waals surface area (Å²) >= 11 is 2.44. The van der Waals surface area contributed by atoms with Gasteiger partial charge in [-0.25, -0.2) is 23.7 Å². The van der Waals surface area contributed by atoms with Crippen LogP contribution in [0, 0.1) is 5.82 Å². The maximum Gasteiger partial charge on any atom is 0.471 e. The average molecular weight is 704 g/mol. The van der Waals surface area contributed by atoms with Crippen molar-refractivity contribution in [2.45, 2.75) is 35.8 Å². The molecule has 0 bridgehead atoms. The zero-order chi connectivity index (χ0) is 33.2. The third-order valence-electron chi connectivity index (χ3n) is 6.31. The second-order valence-electron chi connectivity index (χ2n) is 9.53.